The van der Waals surface area contributed by atoms with Crippen LogP contribution in [-0.4, -0.2) is 23.1 Å². The van der Waals surface area contributed by atoms with E-state index in [1.54, 1.807) is 44.2 Å². The van der Waals surface area contributed by atoms with Crippen molar-refractivity contribution in [1.29, 1.82) is 0 Å². The van der Waals surface area contributed by atoms with Crippen molar-refractivity contribution in [3.05, 3.63) is 59.7 Å². The number of rotatable bonds is 4. The summed E-state index contributed by atoms with van der Waals surface area (Å²) >= 11 is 0. The molecule has 22 heavy (non-hydrogen) atoms. The summed E-state index contributed by atoms with van der Waals surface area (Å²) in [5.74, 6) is -1.84. The quantitative estimate of drug-likeness (QED) is 0.693. The summed E-state index contributed by atoms with van der Waals surface area (Å²) in [6.45, 7) is 3.41. The van der Waals surface area contributed by atoms with E-state index in [1.807, 2.05) is 0 Å². The Morgan fingerprint density at radius 3 is 2.27 bits per heavy atom. The van der Waals surface area contributed by atoms with Crippen LogP contribution < -0.4 is 4.74 Å². The maximum Gasteiger partial charge on any atom is 0.343 e. The van der Waals surface area contributed by atoms with Gasteiger partial charge in [-0.25, -0.2) is 9.59 Å². The summed E-state index contributed by atoms with van der Waals surface area (Å²) in [4.78, 5) is 24.1. The predicted octanol–water partition coefficient (Wildman–Crippen LogP) is 3.18. The van der Waals surface area contributed by atoms with Gasteiger partial charge in [0.2, 0.25) is 0 Å². The summed E-state index contributed by atoms with van der Waals surface area (Å²) < 4.78 is 10.3. The lowest BCUT2D eigenvalue weighted by molar-refractivity contribution is 0.0373. The molecule has 0 unspecified atom stereocenters. The fraction of sp³-hybridized carbons (Fsp3) is 0.176. The fourth-order valence-corrected chi connectivity index (χ4v) is 1.80. The Kier molecular flexibility index (Phi) is 4.78. The molecule has 2 aromatic rings. The van der Waals surface area contributed by atoms with E-state index in [0.717, 1.165) is 0 Å². The highest BCUT2D eigenvalue weighted by Gasteiger charge is 2.21. The van der Waals surface area contributed by atoms with Crippen molar-refractivity contribution >= 4 is 11.9 Å². The van der Waals surface area contributed by atoms with E-state index in [-0.39, 0.29) is 23.2 Å². The van der Waals surface area contributed by atoms with E-state index in [1.165, 1.54) is 18.2 Å². The van der Waals surface area contributed by atoms with Crippen molar-refractivity contribution in [3.8, 4) is 11.5 Å². The Morgan fingerprint density at radius 1 is 0.955 bits per heavy atom. The van der Waals surface area contributed by atoms with Crippen LogP contribution in [0.5, 0.6) is 11.5 Å². The van der Waals surface area contributed by atoms with Crippen LogP contribution in [0.1, 0.15) is 34.6 Å². The summed E-state index contributed by atoms with van der Waals surface area (Å²) in [6.07, 6.45) is -0.326. The number of para-hydroxylation sites is 1. The number of phenolic OH excluding ortho intramolecular Hbond substituents is 1. The maximum atomic E-state index is 12.1. The van der Waals surface area contributed by atoms with Gasteiger partial charge in [0.15, 0.2) is 11.5 Å². The lowest BCUT2D eigenvalue weighted by Crippen LogP contribution is -2.15. The van der Waals surface area contributed by atoms with Crippen molar-refractivity contribution in [1.82, 2.24) is 0 Å². The summed E-state index contributed by atoms with van der Waals surface area (Å²) in [6, 6.07) is 12.5. The van der Waals surface area contributed by atoms with Crippen LogP contribution in [0.25, 0.3) is 0 Å². The third-order valence-electron chi connectivity index (χ3n) is 2.76. The minimum Gasteiger partial charge on any atom is -0.504 e. The van der Waals surface area contributed by atoms with Crippen LogP contribution >= 0.6 is 0 Å². The zero-order valence-corrected chi connectivity index (χ0v) is 12.3. The van der Waals surface area contributed by atoms with E-state index in [0.29, 0.717) is 5.56 Å². The normalized spacial score (nSPS) is 10.3. The van der Waals surface area contributed by atoms with E-state index in [4.69, 9.17) is 9.47 Å². The van der Waals surface area contributed by atoms with Crippen molar-refractivity contribution < 1.29 is 24.2 Å². The van der Waals surface area contributed by atoms with E-state index in [2.05, 4.69) is 0 Å². The molecule has 0 radical (unpaired) electrons. The second-order valence-corrected chi connectivity index (χ2v) is 4.86. The van der Waals surface area contributed by atoms with Crippen molar-refractivity contribution in [2.24, 2.45) is 0 Å². The molecule has 0 saturated carbocycles. The van der Waals surface area contributed by atoms with Crippen LogP contribution in [0.15, 0.2) is 48.5 Å². The van der Waals surface area contributed by atoms with Crippen LogP contribution in [0.4, 0.5) is 0 Å². The molecular weight excluding hydrogens is 284 g/mol. The average molecular weight is 300 g/mol. The number of carbonyl (C=O) groups excluding carboxylic acids is 2. The second kappa shape index (κ2) is 6.76. The van der Waals surface area contributed by atoms with E-state index >= 15 is 0 Å². The molecule has 0 aromatic heterocycles. The third-order valence-corrected chi connectivity index (χ3v) is 2.76. The van der Waals surface area contributed by atoms with Gasteiger partial charge in [-0.15, -0.1) is 0 Å². The molecule has 114 valence electrons. The third kappa shape index (κ3) is 3.63. The van der Waals surface area contributed by atoms with Gasteiger partial charge in [0.1, 0.15) is 5.56 Å². The minimum absolute atomic E-state index is 0.00187. The van der Waals surface area contributed by atoms with Crippen LogP contribution in [0.3, 0.4) is 0 Å². The zero-order chi connectivity index (χ0) is 16.1. The Bertz CT molecular complexity index is 677. The molecular formula is C17H16O5. The van der Waals surface area contributed by atoms with Gasteiger partial charge < -0.3 is 14.6 Å². The van der Waals surface area contributed by atoms with Crippen molar-refractivity contribution in [3.63, 3.8) is 0 Å². The number of phenols is 1. The Labute approximate surface area is 128 Å². The smallest absolute Gasteiger partial charge is 0.343 e. The number of hydrogen-bond acceptors (Lipinski definition) is 5. The highest BCUT2D eigenvalue weighted by molar-refractivity contribution is 5.97. The summed E-state index contributed by atoms with van der Waals surface area (Å²) in [5, 5.41) is 9.89. The zero-order valence-electron chi connectivity index (χ0n) is 12.3. The van der Waals surface area contributed by atoms with Gasteiger partial charge in [-0.3, -0.25) is 0 Å². The standard InChI is InChI=1S/C17H16O5/c1-11(2)21-17(20)13-9-6-10-14(18)15(13)22-16(19)12-7-4-3-5-8-12/h3-11,18H,1-2H3. The lowest BCUT2D eigenvalue weighted by Gasteiger charge is -2.13. The molecule has 2 aromatic carbocycles. The first-order chi connectivity index (χ1) is 10.5. The molecule has 0 aliphatic heterocycles. The molecule has 0 atom stereocenters. The second-order valence-electron chi connectivity index (χ2n) is 4.86. The molecule has 2 rings (SSSR count). The van der Waals surface area contributed by atoms with Gasteiger partial charge in [0.05, 0.1) is 11.7 Å². The molecule has 0 saturated heterocycles. The molecule has 5 heteroatoms. The number of aromatic hydroxyl groups is 1. The highest BCUT2D eigenvalue weighted by atomic mass is 16.6. The van der Waals surface area contributed by atoms with E-state index < -0.39 is 11.9 Å². The minimum atomic E-state index is -0.666. The molecule has 0 bridgehead atoms. The first-order valence-corrected chi connectivity index (χ1v) is 6.79. The van der Waals surface area contributed by atoms with Crippen molar-refractivity contribution in [2.75, 3.05) is 0 Å². The number of benzene rings is 2. The maximum absolute atomic E-state index is 12.1. The predicted molar refractivity (Wildman–Crippen MR) is 80.1 cm³/mol. The monoisotopic (exact) mass is 300 g/mol. The molecule has 5 nitrogen and oxygen atoms in total. The fourth-order valence-electron chi connectivity index (χ4n) is 1.80. The van der Waals surface area contributed by atoms with E-state index in [9.17, 15) is 14.7 Å². The van der Waals surface area contributed by atoms with Crippen molar-refractivity contribution in [2.45, 2.75) is 20.0 Å². The molecule has 0 heterocycles. The molecule has 0 aliphatic carbocycles. The highest BCUT2D eigenvalue weighted by Crippen LogP contribution is 2.31. The van der Waals surface area contributed by atoms with Gasteiger partial charge in [-0.05, 0) is 38.1 Å². The Morgan fingerprint density at radius 2 is 1.64 bits per heavy atom. The largest absolute Gasteiger partial charge is 0.504 e. The SMILES string of the molecule is CC(C)OC(=O)c1cccc(O)c1OC(=O)c1ccccc1. The van der Waals surface area contributed by atoms with Crippen LogP contribution in [0.2, 0.25) is 0 Å². The lowest BCUT2D eigenvalue weighted by atomic mass is 10.1. The van der Waals surface area contributed by atoms with Gasteiger partial charge in [-0.1, -0.05) is 24.3 Å². The number of ether oxygens (including phenoxy) is 2. The molecule has 0 amide bonds. The van der Waals surface area contributed by atoms with Gasteiger partial charge in [-0.2, -0.15) is 0 Å². The number of carbonyl (C=O) groups is 2. The van der Waals surface area contributed by atoms with Gasteiger partial charge >= 0.3 is 11.9 Å². The number of hydrogen-bond donors (Lipinski definition) is 1. The summed E-state index contributed by atoms with van der Waals surface area (Å²) in [7, 11) is 0. The molecule has 1 N–H and O–H groups in total. The Hall–Kier alpha value is -2.82. The average Bonchev–Trinajstić information content (AvgIpc) is 2.49. The van der Waals surface area contributed by atoms with Gasteiger partial charge in [0.25, 0.3) is 0 Å². The molecule has 0 aliphatic rings. The topological polar surface area (TPSA) is 72.8 Å². The first kappa shape index (κ1) is 15.6. The van der Waals surface area contributed by atoms with Crippen LogP contribution in [0, 0.1) is 0 Å². The molecule has 0 spiro atoms. The first-order valence-electron chi connectivity index (χ1n) is 6.79. The number of esters is 2. The summed E-state index contributed by atoms with van der Waals surface area (Å²) in [5.41, 5.74) is 0.312. The van der Waals surface area contributed by atoms with Crippen LogP contribution in [-0.2, 0) is 4.74 Å². The Balaban J connectivity index is 2.30. The van der Waals surface area contributed by atoms with Gasteiger partial charge in [0, 0.05) is 0 Å². The molecule has 0 fully saturated rings.